The van der Waals surface area contributed by atoms with Crippen LogP contribution in [0.4, 0.5) is 0 Å². The lowest BCUT2D eigenvalue weighted by Gasteiger charge is -2.34. The van der Waals surface area contributed by atoms with E-state index < -0.39 is 0 Å². The molecule has 1 amide bonds. The van der Waals surface area contributed by atoms with Crippen LogP contribution in [0.1, 0.15) is 27.2 Å². The van der Waals surface area contributed by atoms with Gasteiger partial charge in [0.1, 0.15) is 0 Å². The number of likely N-dealkylation sites (tertiary alicyclic amines) is 1. The molecule has 0 aliphatic carbocycles. The minimum atomic E-state index is -0.280. The van der Waals surface area contributed by atoms with Gasteiger partial charge < -0.3 is 16.0 Å². The zero-order valence-electron chi connectivity index (χ0n) is 10.9. The van der Waals surface area contributed by atoms with Gasteiger partial charge in [0.05, 0.1) is 11.5 Å². The van der Waals surface area contributed by atoms with Crippen molar-refractivity contribution in [2.75, 3.05) is 26.7 Å². The maximum Gasteiger partial charge on any atom is 0.224 e. The van der Waals surface area contributed by atoms with Gasteiger partial charge in [0.15, 0.2) is 0 Å². The van der Waals surface area contributed by atoms with Crippen LogP contribution in [-0.4, -0.2) is 43.0 Å². The van der Waals surface area contributed by atoms with Gasteiger partial charge in [0.2, 0.25) is 5.91 Å². The van der Waals surface area contributed by atoms with Crippen LogP contribution < -0.4 is 11.1 Å². The van der Waals surface area contributed by atoms with Crippen LogP contribution in [0, 0.1) is 11.8 Å². The Bertz CT molecular complexity index is 255. The van der Waals surface area contributed by atoms with Crippen molar-refractivity contribution in [1.29, 1.82) is 0 Å². The van der Waals surface area contributed by atoms with E-state index >= 15 is 0 Å². The minimum absolute atomic E-state index is 0.134. The first-order chi connectivity index (χ1) is 7.39. The first-order valence-corrected chi connectivity index (χ1v) is 6.09. The fourth-order valence-corrected chi connectivity index (χ4v) is 1.96. The van der Waals surface area contributed by atoms with Gasteiger partial charge in [-0.15, -0.1) is 0 Å². The highest BCUT2D eigenvalue weighted by molar-refractivity contribution is 5.80. The molecule has 1 heterocycles. The summed E-state index contributed by atoms with van der Waals surface area (Å²) in [7, 11) is 2.05. The lowest BCUT2D eigenvalue weighted by Crippen LogP contribution is -2.56. The van der Waals surface area contributed by atoms with Crippen LogP contribution >= 0.6 is 0 Å². The first-order valence-electron chi connectivity index (χ1n) is 6.09. The number of hydrogen-bond donors (Lipinski definition) is 2. The summed E-state index contributed by atoms with van der Waals surface area (Å²) in [6.45, 7) is 8.57. The Balaban J connectivity index is 2.56. The van der Waals surface area contributed by atoms with Crippen molar-refractivity contribution in [2.45, 2.75) is 32.7 Å². The van der Waals surface area contributed by atoms with Gasteiger partial charge in [0.25, 0.3) is 0 Å². The fourth-order valence-electron chi connectivity index (χ4n) is 1.96. The van der Waals surface area contributed by atoms with Crippen molar-refractivity contribution in [3.8, 4) is 0 Å². The van der Waals surface area contributed by atoms with Crippen molar-refractivity contribution in [3.63, 3.8) is 0 Å². The van der Waals surface area contributed by atoms with E-state index in [1.165, 1.54) is 0 Å². The third-order valence-corrected chi connectivity index (χ3v) is 3.87. The number of nitrogens with zero attached hydrogens (tertiary/aromatic N) is 1. The number of nitrogens with two attached hydrogens (primary N) is 1. The Labute approximate surface area is 98.6 Å². The molecule has 2 unspecified atom stereocenters. The van der Waals surface area contributed by atoms with Crippen LogP contribution in [-0.2, 0) is 4.79 Å². The predicted octanol–water partition coefficient (Wildman–Crippen LogP) is 0.428. The molecular weight excluding hydrogens is 202 g/mol. The number of carbonyl (C=O) groups excluding carboxylic acids is 1. The van der Waals surface area contributed by atoms with Crippen molar-refractivity contribution < 1.29 is 4.79 Å². The van der Waals surface area contributed by atoms with Crippen LogP contribution in [0.5, 0.6) is 0 Å². The Morgan fingerprint density at radius 2 is 2.25 bits per heavy atom. The van der Waals surface area contributed by atoms with Crippen molar-refractivity contribution in [1.82, 2.24) is 10.2 Å². The van der Waals surface area contributed by atoms with E-state index in [9.17, 15) is 4.79 Å². The van der Waals surface area contributed by atoms with E-state index in [1.54, 1.807) is 0 Å². The van der Waals surface area contributed by atoms with Gasteiger partial charge in [-0.3, -0.25) is 4.79 Å². The molecule has 4 nitrogen and oxygen atoms in total. The zero-order chi connectivity index (χ0) is 12.3. The Kier molecular flexibility index (Phi) is 4.33. The summed E-state index contributed by atoms with van der Waals surface area (Å²) in [5.41, 5.74) is 5.48. The summed E-state index contributed by atoms with van der Waals surface area (Å²) in [5.74, 6) is 0.640. The summed E-state index contributed by atoms with van der Waals surface area (Å²) in [6.07, 6.45) is 0.959. The molecule has 0 aromatic carbocycles. The highest BCUT2D eigenvalue weighted by atomic mass is 16.2. The molecule has 94 valence electrons. The lowest BCUT2D eigenvalue weighted by molar-refractivity contribution is -0.126. The molecule has 1 rings (SSSR count). The van der Waals surface area contributed by atoms with Crippen LogP contribution in [0.15, 0.2) is 0 Å². The number of rotatable bonds is 4. The summed E-state index contributed by atoms with van der Waals surface area (Å²) >= 11 is 0. The largest absolute Gasteiger partial charge is 0.349 e. The predicted molar refractivity (Wildman–Crippen MR) is 66.0 cm³/mol. The third-order valence-electron chi connectivity index (χ3n) is 3.87. The molecule has 4 heteroatoms. The van der Waals surface area contributed by atoms with Gasteiger partial charge in [0, 0.05) is 13.1 Å². The second-order valence-electron chi connectivity index (χ2n) is 5.51. The molecule has 1 aliphatic heterocycles. The second-order valence-corrected chi connectivity index (χ2v) is 5.51. The maximum absolute atomic E-state index is 12.1. The smallest absolute Gasteiger partial charge is 0.224 e. The Morgan fingerprint density at radius 3 is 2.62 bits per heavy atom. The van der Waals surface area contributed by atoms with E-state index in [0.717, 1.165) is 19.5 Å². The average molecular weight is 227 g/mol. The molecule has 0 aromatic rings. The SMILES string of the molecule is CC(C)C(C)(CN)NC(=O)C1CCN(C)C1. The Hall–Kier alpha value is -0.610. The maximum atomic E-state index is 12.1. The van der Waals surface area contributed by atoms with E-state index in [0.29, 0.717) is 12.5 Å². The Morgan fingerprint density at radius 1 is 1.62 bits per heavy atom. The lowest BCUT2D eigenvalue weighted by atomic mass is 9.87. The number of hydrogen-bond acceptors (Lipinski definition) is 3. The van der Waals surface area contributed by atoms with Crippen LogP contribution in [0.25, 0.3) is 0 Å². The third kappa shape index (κ3) is 2.95. The first kappa shape index (κ1) is 13.5. The second kappa shape index (κ2) is 5.15. The number of carbonyl (C=O) groups is 1. The number of nitrogens with one attached hydrogen (secondary N) is 1. The van der Waals surface area contributed by atoms with E-state index in [1.807, 2.05) is 6.92 Å². The minimum Gasteiger partial charge on any atom is -0.349 e. The van der Waals surface area contributed by atoms with Gasteiger partial charge in [-0.25, -0.2) is 0 Å². The van der Waals surface area contributed by atoms with Crippen molar-refractivity contribution in [3.05, 3.63) is 0 Å². The molecule has 1 saturated heterocycles. The van der Waals surface area contributed by atoms with E-state index in [-0.39, 0.29) is 17.4 Å². The monoisotopic (exact) mass is 227 g/mol. The van der Waals surface area contributed by atoms with Crippen molar-refractivity contribution in [2.24, 2.45) is 17.6 Å². The molecule has 0 bridgehead atoms. The molecule has 3 N–H and O–H groups in total. The molecule has 2 atom stereocenters. The molecule has 0 radical (unpaired) electrons. The molecule has 1 fully saturated rings. The summed E-state index contributed by atoms with van der Waals surface area (Å²) in [5, 5.41) is 3.11. The molecule has 16 heavy (non-hydrogen) atoms. The average Bonchev–Trinajstić information content (AvgIpc) is 2.64. The van der Waals surface area contributed by atoms with Gasteiger partial charge >= 0.3 is 0 Å². The van der Waals surface area contributed by atoms with E-state index in [4.69, 9.17) is 5.73 Å². The quantitative estimate of drug-likeness (QED) is 0.732. The van der Waals surface area contributed by atoms with Gasteiger partial charge in [-0.05, 0) is 32.9 Å². The van der Waals surface area contributed by atoms with Gasteiger partial charge in [-0.2, -0.15) is 0 Å². The molecule has 1 aliphatic rings. The zero-order valence-corrected chi connectivity index (χ0v) is 10.9. The fraction of sp³-hybridized carbons (Fsp3) is 0.917. The topological polar surface area (TPSA) is 58.4 Å². The standard InChI is InChI=1S/C12H25N3O/c1-9(2)12(3,8-13)14-11(16)10-5-6-15(4)7-10/h9-10H,5-8,13H2,1-4H3,(H,14,16). The van der Waals surface area contributed by atoms with Gasteiger partial charge in [-0.1, -0.05) is 13.8 Å². The van der Waals surface area contributed by atoms with E-state index in [2.05, 4.69) is 31.1 Å². The van der Waals surface area contributed by atoms with Crippen LogP contribution in [0.2, 0.25) is 0 Å². The summed E-state index contributed by atoms with van der Waals surface area (Å²) in [4.78, 5) is 14.3. The van der Waals surface area contributed by atoms with Crippen molar-refractivity contribution >= 4 is 5.91 Å². The summed E-state index contributed by atoms with van der Waals surface area (Å²) in [6, 6.07) is 0. The molecule has 0 aromatic heterocycles. The highest BCUT2D eigenvalue weighted by Gasteiger charge is 2.33. The van der Waals surface area contributed by atoms with Crippen LogP contribution in [0.3, 0.4) is 0 Å². The highest BCUT2D eigenvalue weighted by Crippen LogP contribution is 2.19. The molecule has 0 spiro atoms. The normalized spacial score (nSPS) is 25.8. The molecule has 0 saturated carbocycles. The number of amides is 1. The summed E-state index contributed by atoms with van der Waals surface area (Å²) < 4.78 is 0. The molecular formula is C12H25N3O.